The molecule has 2 saturated carbocycles. The van der Waals surface area contributed by atoms with E-state index in [1.165, 1.54) is 32.1 Å². The Morgan fingerprint density at radius 1 is 0.938 bits per heavy atom. The number of piperazine rings is 1. The van der Waals surface area contributed by atoms with Crippen LogP contribution in [0.25, 0.3) is 0 Å². The Balaban J connectivity index is 1.11. The minimum atomic E-state index is 0.0705. The van der Waals surface area contributed by atoms with Crippen molar-refractivity contribution in [3.8, 4) is 5.75 Å². The predicted octanol–water partition coefficient (Wildman–Crippen LogP) is 3.41. The van der Waals surface area contributed by atoms with Gasteiger partial charge in [0.2, 0.25) is 5.91 Å². The van der Waals surface area contributed by atoms with Gasteiger partial charge in [0.25, 0.3) is 5.91 Å². The number of benzene rings is 1. The number of piperidine rings is 1. The fourth-order valence-electron chi connectivity index (χ4n) is 6.32. The Morgan fingerprint density at radius 3 is 2.34 bits per heavy atom. The van der Waals surface area contributed by atoms with Crippen LogP contribution in [0.5, 0.6) is 5.75 Å². The summed E-state index contributed by atoms with van der Waals surface area (Å²) in [6, 6.07) is 8.13. The largest absolute Gasteiger partial charge is 0.497 e. The number of methoxy groups -OCH3 is 1. The monoisotopic (exact) mass is 439 g/mol. The summed E-state index contributed by atoms with van der Waals surface area (Å²) >= 11 is 0. The molecule has 0 aromatic heterocycles. The summed E-state index contributed by atoms with van der Waals surface area (Å²) in [6.07, 6.45) is 9.70. The van der Waals surface area contributed by atoms with Crippen LogP contribution in [0.3, 0.4) is 0 Å². The molecule has 1 atom stereocenters. The maximum Gasteiger partial charge on any atom is 0.253 e. The number of carbonyl (C=O) groups excluding carboxylic acids is 2. The maximum atomic E-state index is 13.2. The third kappa shape index (κ3) is 4.26. The van der Waals surface area contributed by atoms with E-state index in [1.54, 1.807) is 7.11 Å². The average molecular weight is 440 g/mol. The molecule has 0 bridgehead atoms. The van der Waals surface area contributed by atoms with Crippen LogP contribution in [0, 0.1) is 11.3 Å². The number of likely N-dealkylation sites (tertiary alicyclic amines) is 1. The van der Waals surface area contributed by atoms with Gasteiger partial charge in [0.15, 0.2) is 0 Å². The number of ether oxygens (including phenoxy) is 1. The Morgan fingerprint density at radius 2 is 1.66 bits per heavy atom. The van der Waals surface area contributed by atoms with E-state index in [0.29, 0.717) is 17.2 Å². The number of hydrogen-bond acceptors (Lipinski definition) is 4. The average Bonchev–Trinajstić information content (AvgIpc) is 3.57. The van der Waals surface area contributed by atoms with Crippen LogP contribution in [0.2, 0.25) is 0 Å². The van der Waals surface area contributed by atoms with E-state index in [0.717, 1.165) is 64.6 Å². The number of amides is 2. The van der Waals surface area contributed by atoms with Crippen molar-refractivity contribution >= 4 is 11.8 Å². The molecule has 6 heteroatoms. The molecule has 2 aliphatic heterocycles. The van der Waals surface area contributed by atoms with E-state index in [4.69, 9.17) is 4.74 Å². The molecule has 4 fully saturated rings. The number of hydrogen-bond donors (Lipinski definition) is 0. The smallest absolute Gasteiger partial charge is 0.253 e. The summed E-state index contributed by atoms with van der Waals surface area (Å²) in [4.78, 5) is 32.9. The molecule has 32 heavy (non-hydrogen) atoms. The molecule has 2 amide bonds. The van der Waals surface area contributed by atoms with Crippen molar-refractivity contribution in [2.45, 2.75) is 57.4 Å². The lowest BCUT2D eigenvalue weighted by molar-refractivity contribution is -0.136. The van der Waals surface area contributed by atoms with E-state index < -0.39 is 0 Å². The highest BCUT2D eigenvalue weighted by molar-refractivity contribution is 5.94. The summed E-state index contributed by atoms with van der Waals surface area (Å²) in [6.45, 7) is 5.35. The summed E-state index contributed by atoms with van der Waals surface area (Å²) in [5.74, 6) is 1.33. The molecular weight excluding hydrogens is 402 g/mol. The van der Waals surface area contributed by atoms with Crippen molar-refractivity contribution in [3.05, 3.63) is 29.8 Å². The van der Waals surface area contributed by atoms with Crippen LogP contribution >= 0.6 is 0 Å². The van der Waals surface area contributed by atoms with Crippen molar-refractivity contribution in [2.75, 3.05) is 46.4 Å². The number of carbonyl (C=O) groups is 2. The molecule has 5 rings (SSSR count). The standard InChI is InChI=1S/C26H37N3O3/c1-32-22-9-5-6-20(18-22)24(30)28-12-10-26(11-13-28)19-23(26)25(31)29-16-14-27(15-17-29)21-7-3-2-4-8-21/h5-6,9,18,21,23H,2-4,7-8,10-17,19H2,1H3/t23-/m1/s1. The van der Waals surface area contributed by atoms with E-state index in [9.17, 15) is 9.59 Å². The minimum absolute atomic E-state index is 0.0705. The van der Waals surface area contributed by atoms with Crippen molar-refractivity contribution in [2.24, 2.45) is 11.3 Å². The van der Waals surface area contributed by atoms with Crippen molar-refractivity contribution < 1.29 is 14.3 Å². The SMILES string of the molecule is COc1cccc(C(=O)N2CCC3(CC2)C[C@@H]3C(=O)N2CCN(C3CCCCC3)CC2)c1. The van der Waals surface area contributed by atoms with Crippen LogP contribution in [-0.2, 0) is 4.79 Å². The van der Waals surface area contributed by atoms with E-state index in [1.807, 2.05) is 29.2 Å². The predicted molar refractivity (Wildman–Crippen MR) is 124 cm³/mol. The first-order chi connectivity index (χ1) is 15.6. The molecule has 2 aliphatic carbocycles. The number of rotatable bonds is 4. The van der Waals surface area contributed by atoms with Gasteiger partial charge in [-0.1, -0.05) is 25.3 Å². The lowest BCUT2D eigenvalue weighted by Gasteiger charge is -2.41. The third-order valence-corrected chi connectivity index (χ3v) is 8.57. The Kier molecular flexibility index (Phi) is 6.15. The van der Waals surface area contributed by atoms with Crippen molar-refractivity contribution in [1.82, 2.24) is 14.7 Å². The number of nitrogens with zero attached hydrogens (tertiary/aromatic N) is 3. The highest BCUT2D eigenvalue weighted by atomic mass is 16.5. The summed E-state index contributed by atoms with van der Waals surface area (Å²) in [5, 5.41) is 0. The van der Waals surface area contributed by atoms with E-state index >= 15 is 0 Å². The van der Waals surface area contributed by atoms with Gasteiger partial charge >= 0.3 is 0 Å². The van der Waals surface area contributed by atoms with Gasteiger partial charge in [-0.3, -0.25) is 14.5 Å². The first kappa shape index (κ1) is 21.7. The second-order valence-electron chi connectivity index (χ2n) is 10.3. The first-order valence-electron chi connectivity index (χ1n) is 12.6. The third-order valence-electron chi connectivity index (χ3n) is 8.57. The fraction of sp³-hybridized carbons (Fsp3) is 0.692. The molecule has 0 radical (unpaired) electrons. The zero-order valence-electron chi connectivity index (χ0n) is 19.4. The second-order valence-corrected chi connectivity index (χ2v) is 10.3. The maximum absolute atomic E-state index is 13.2. The zero-order valence-corrected chi connectivity index (χ0v) is 19.4. The molecule has 1 spiro atoms. The van der Waals surface area contributed by atoms with Crippen LogP contribution < -0.4 is 4.74 Å². The quantitative estimate of drug-likeness (QED) is 0.722. The molecule has 1 aromatic carbocycles. The Hall–Kier alpha value is -2.08. The molecule has 6 nitrogen and oxygen atoms in total. The molecule has 1 aromatic rings. The summed E-state index contributed by atoms with van der Waals surface area (Å²) in [7, 11) is 1.62. The Labute approximate surface area is 191 Å². The van der Waals surface area contributed by atoms with Crippen molar-refractivity contribution in [1.29, 1.82) is 0 Å². The van der Waals surface area contributed by atoms with Gasteiger partial charge < -0.3 is 14.5 Å². The minimum Gasteiger partial charge on any atom is -0.497 e. The van der Waals surface area contributed by atoms with Gasteiger partial charge in [-0.2, -0.15) is 0 Å². The molecule has 4 aliphatic rings. The normalized spacial score (nSPS) is 26.2. The lowest BCUT2D eigenvalue weighted by Crippen LogP contribution is -2.53. The first-order valence-corrected chi connectivity index (χ1v) is 12.6. The van der Waals surface area contributed by atoms with Crippen molar-refractivity contribution in [3.63, 3.8) is 0 Å². The topological polar surface area (TPSA) is 53.1 Å². The lowest BCUT2D eigenvalue weighted by atomic mass is 9.90. The van der Waals surface area contributed by atoms with E-state index in [2.05, 4.69) is 9.80 Å². The second kappa shape index (κ2) is 9.05. The summed E-state index contributed by atoms with van der Waals surface area (Å²) in [5.41, 5.74) is 0.822. The highest BCUT2D eigenvalue weighted by Gasteiger charge is 2.59. The molecular formula is C26H37N3O3. The molecule has 2 saturated heterocycles. The van der Waals surface area contributed by atoms with Crippen LogP contribution in [0.1, 0.15) is 61.7 Å². The van der Waals surface area contributed by atoms with Gasteiger partial charge in [0.05, 0.1) is 7.11 Å². The van der Waals surface area contributed by atoms with E-state index in [-0.39, 0.29) is 17.2 Å². The molecule has 0 unspecified atom stereocenters. The summed E-state index contributed by atoms with van der Waals surface area (Å²) < 4.78 is 5.26. The van der Waals surface area contributed by atoms with Gasteiger partial charge in [0.1, 0.15) is 5.75 Å². The van der Waals surface area contributed by atoms with Gasteiger partial charge in [-0.25, -0.2) is 0 Å². The highest BCUT2D eigenvalue weighted by Crippen LogP contribution is 2.60. The zero-order chi connectivity index (χ0) is 22.1. The van der Waals surface area contributed by atoms with Crippen LogP contribution in [0.15, 0.2) is 24.3 Å². The Bertz CT molecular complexity index is 834. The van der Waals surface area contributed by atoms with Crippen LogP contribution in [0.4, 0.5) is 0 Å². The van der Waals surface area contributed by atoms with Gasteiger partial charge in [-0.05, 0) is 55.7 Å². The molecule has 2 heterocycles. The van der Waals surface area contributed by atoms with Crippen LogP contribution in [-0.4, -0.2) is 78.9 Å². The van der Waals surface area contributed by atoms with Gasteiger partial charge in [0, 0.05) is 56.8 Å². The fourth-order valence-corrected chi connectivity index (χ4v) is 6.32. The molecule has 0 N–H and O–H groups in total. The molecule has 174 valence electrons. The van der Waals surface area contributed by atoms with Gasteiger partial charge in [-0.15, -0.1) is 0 Å².